The van der Waals surface area contributed by atoms with E-state index in [4.69, 9.17) is 18.8 Å². The van der Waals surface area contributed by atoms with Crippen LogP contribution in [0.2, 0.25) is 0 Å². The molecule has 0 radical (unpaired) electrons. The van der Waals surface area contributed by atoms with E-state index in [1.165, 1.54) is 19.2 Å². The first-order valence-corrected chi connectivity index (χ1v) is 13.2. The van der Waals surface area contributed by atoms with Crippen molar-refractivity contribution in [1.82, 2.24) is 5.32 Å². The number of methoxy groups -OCH3 is 1. The molecule has 0 aliphatic rings. The van der Waals surface area contributed by atoms with E-state index < -0.39 is 51.4 Å². The number of nitrogens with one attached hydrogen (secondary N) is 1. The number of rotatable bonds is 15. The van der Waals surface area contributed by atoms with Gasteiger partial charge >= 0.3 is 11.9 Å². The van der Waals surface area contributed by atoms with Crippen molar-refractivity contribution in [2.75, 3.05) is 27.1 Å². The number of carbonyl (C=O) groups excluding carboxylic acids is 3. The summed E-state index contributed by atoms with van der Waals surface area (Å²) < 4.78 is 39.9. The summed E-state index contributed by atoms with van der Waals surface area (Å²) in [5, 5.41) is 11.5. The van der Waals surface area contributed by atoms with Crippen molar-refractivity contribution >= 4 is 28.0 Å². The van der Waals surface area contributed by atoms with Gasteiger partial charge in [0.15, 0.2) is 0 Å². The molecule has 0 bridgehead atoms. The molecule has 0 saturated carbocycles. The molecule has 11 heteroatoms. The fraction of sp³-hybridized carbons (Fsp3) is 0.640. The van der Waals surface area contributed by atoms with Gasteiger partial charge in [0.1, 0.15) is 6.73 Å². The normalized spacial score (nSPS) is 14.4. The molecule has 0 spiro atoms. The number of amides is 1. The van der Waals surface area contributed by atoms with Crippen LogP contribution in [-0.4, -0.2) is 58.4 Å². The van der Waals surface area contributed by atoms with Crippen LogP contribution in [0.5, 0.6) is 0 Å². The fourth-order valence-electron chi connectivity index (χ4n) is 3.67. The number of hydrogen-bond acceptors (Lipinski definition) is 9. The van der Waals surface area contributed by atoms with Crippen molar-refractivity contribution in [3.8, 4) is 0 Å². The highest BCUT2D eigenvalue weighted by Gasteiger charge is 2.41. The van der Waals surface area contributed by atoms with Crippen LogP contribution >= 0.6 is 0 Å². The smallest absolute Gasteiger partial charge is 0.311 e. The topological polar surface area (TPSA) is 145 Å². The van der Waals surface area contributed by atoms with Crippen LogP contribution in [0.25, 0.3) is 0 Å². The van der Waals surface area contributed by atoms with Crippen LogP contribution in [0.1, 0.15) is 58.9 Å². The van der Waals surface area contributed by atoms with Gasteiger partial charge in [-0.05, 0) is 52.2 Å². The van der Waals surface area contributed by atoms with E-state index in [2.05, 4.69) is 5.32 Å². The predicted octanol–water partition coefficient (Wildman–Crippen LogP) is 2.71. The van der Waals surface area contributed by atoms with Crippen LogP contribution in [0.15, 0.2) is 29.2 Å². The first-order valence-electron chi connectivity index (χ1n) is 11.8. The summed E-state index contributed by atoms with van der Waals surface area (Å²) in [7, 11) is -2.81. The average Bonchev–Trinajstić information content (AvgIpc) is 2.82. The number of carbonyl (C=O) groups is 3. The maximum absolute atomic E-state index is 13.1. The molecule has 0 aliphatic heterocycles. The lowest BCUT2D eigenvalue weighted by Crippen LogP contribution is -2.43. The molecule has 0 saturated heterocycles. The largest absolute Gasteiger partial charge is 0.469 e. The highest BCUT2D eigenvalue weighted by molar-refractivity contribution is 7.86. The minimum Gasteiger partial charge on any atom is -0.469 e. The van der Waals surface area contributed by atoms with Gasteiger partial charge in [-0.3, -0.25) is 14.4 Å². The number of aryl methyl sites for hydroxylation is 1. The second-order valence-electron chi connectivity index (χ2n) is 9.67. The highest BCUT2D eigenvalue weighted by Crippen LogP contribution is 2.37. The van der Waals surface area contributed by atoms with Crippen LogP contribution < -0.4 is 5.32 Å². The van der Waals surface area contributed by atoms with Gasteiger partial charge in [0.2, 0.25) is 5.91 Å². The van der Waals surface area contributed by atoms with E-state index in [0.29, 0.717) is 6.42 Å². The molecule has 36 heavy (non-hydrogen) atoms. The Bertz CT molecular complexity index is 989. The number of aliphatic hydroxyl groups is 1. The van der Waals surface area contributed by atoms with E-state index in [9.17, 15) is 22.8 Å². The van der Waals surface area contributed by atoms with Gasteiger partial charge in [0.25, 0.3) is 10.1 Å². The Hall–Kier alpha value is -2.50. The second-order valence-corrected chi connectivity index (χ2v) is 11.3. The van der Waals surface area contributed by atoms with Gasteiger partial charge in [-0.15, -0.1) is 0 Å². The third-order valence-corrected chi connectivity index (χ3v) is 7.43. The van der Waals surface area contributed by atoms with Crippen molar-refractivity contribution in [3.05, 3.63) is 29.8 Å². The minimum absolute atomic E-state index is 0.00420. The number of hydrogen-bond donors (Lipinski definition) is 2. The van der Waals surface area contributed by atoms with Crippen molar-refractivity contribution in [3.63, 3.8) is 0 Å². The first-order chi connectivity index (χ1) is 16.7. The van der Waals surface area contributed by atoms with E-state index in [1.807, 2.05) is 6.92 Å². The molecule has 2 unspecified atom stereocenters. The Labute approximate surface area is 213 Å². The third-order valence-electron chi connectivity index (χ3n) is 6.16. The number of ether oxygens (including phenoxy) is 2. The maximum Gasteiger partial charge on any atom is 0.311 e. The van der Waals surface area contributed by atoms with E-state index >= 15 is 0 Å². The van der Waals surface area contributed by atoms with E-state index in [-0.39, 0.29) is 37.4 Å². The molecule has 1 amide bonds. The zero-order chi connectivity index (χ0) is 27.6. The zero-order valence-electron chi connectivity index (χ0n) is 22.0. The lowest BCUT2D eigenvalue weighted by molar-refractivity contribution is -0.157. The Kier molecular flexibility index (Phi) is 12.0. The number of esters is 2. The second kappa shape index (κ2) is 13.7. The maximum atomic E-state index is 13.1. The summed E-state index contributed by atoms with van der Waals surface area (Å²) in [6, 6.07) is 6.11. The summed E-state index contributed by atoms with van der Waals surface area (Å²) in [4.78, 5) is 38.1. The lowest BCUT2D eigenvalue weighted by Gasteiger charge is -2.33. The van der Waals surface area contributed by atoms with E-state index in [0.717, 1.165) is 5.56 Å². The number of benzene rings is 1. The molecular weight excluding hydrogens is 490 g/mol. The fourth-order valence-corrected chi connectivity index (χ4v) is 4.49. The van der Waals surface area contributed by atoms with Gasteiger partial charge in [-0.1, -0.05) is 31.5 Å². The quantitative estimate of drug-likeness (QED) is 0.152. The van der Waals surface area contributed by atoms with Crippen LogP contribution in [0.4, 0.5) is 0 Å². The van der Waals surface area contributed by atoms with Gasteiger partial charge in [-0.2, -0.15) is 8.42 Å². The first kappa shape index (κ1) is 31.5. The molecule has 204 valence electrons. The highest BCUT2D eigenvalue weighted by atomic mass is 32.2. The summed E-state index contributed by atoms with van der Waals surface area (Å²) in [6.07, 6.45) is 0.692. The van der Waals surface area contributed by atoms with Gasteiger partial charge in [-0.25, -0.2) is 4.18 Å². The van der Waals surface area contributed by atoms with Crippen molar-refractivity contribution in [2.45, 2.75) is 65.2 Å². The Morgan fingerprint density at radius 2 is 1.69 bits per heavy atom. The van der Waals surface area contributed by atoms with Gasteiger partial charge < -0.3 is 19.9 Å². The van der Waals surface area contributed by atoms with Crippen LogP contribution in [0, 0.1) is 23.7 Å². The lowest BCUT2D eigenvalue weighted by atomic mass is 9.72. The monoisotopic (exact) mass is 529 g/mol. The Balaban J connectivity index is 2.97. The summed E-state index contributed by atoms with van der Waals surface area (Å²) in [6.45, 7) is 7.80. The summed E-state index contributed by atoms with van der Waals surface area (Å²) >= 11 is 0. The van der Waals surface area contributed by atoms with E-state index in [1.54, 1.807) is 39.8 Å². The SMILES string of the molecule is CCC(C)(CC(CC(C)(C)C(=O)OC)C(=O)OCCCO)C(=O)NCOS(=O)(=O)c1ccc(C)cc1. The standard InChI is InChI=1S/C25H39NO9S/c1-7-25(5,22(29)26-17-35-36(31,32)20-11-9-18(2)10-12-20)16-19(21(28)34-14-8-13-27)15-24(3,4)23(30)33-6/h9-12,19,27H,7-8,13-17H2,1-6H3,(H,26,29). The van der Waals surface area contributed by atoms with Crippen LogP contribution in [0.3, 0.4) is 0 Å². The average molecular weight is 530 g/mol. The third kappa shape index (κ3) is 9.18. The van der Waals surface area contributed by atoms with Crippen molar-refractivity contribution in [2.24, 2.45) is 16.7 Å². The van der Waals surface area contributed by atoms with Crippen LogP contribution in [-0.2, 0) is 38.2 Å². The summed E-state index contributed by atoms with van der Waals surface area (Å²) in [5.74, 6) is -2.43. The molecule has 2 atom stereocenters. The minimum atomic E-state index is -4.07. The Morgan fingerprint density at radius 3 is 2.22 bits per heavy atom. The molecule has 2 N–H and O–H groups in total. The van der Waals surface area contributed by atoms with Crippen molar-refractivity contribution < 1.29 is 41.6 Å². The molecule has 10 nitrogen and oxygen atoms in total. The molecular formula is C25H39NO9S. The Morgan fingerprint density at radius 1 is 1.08 bits per heavy atom. The van der Waals surface area contributed by atoms with Gasteiger partial charge in [0, 0.05) is 18.4 Å². The molecule has 1 aromatic carbocycles. The molecule has 1 aromatic rings. The molecule has 0 fully saturated rings. The zero-order valence-corrected chi connectivity index (χ0v) is 22.8. The van der Waals surface area contributed by atoms with Gasteiger partial charge in [0.05, 0.1) is 29.9 Å². The molecule has 1 rings (SSSR count). The summed E-state index contributed by atoms with van der Waals surface area (Å²) in [5.41, 5.74) is -1.23. The molecule has 0 aromatic heterocycles. The molecule has 0 aliphatic carbocycles. The predicted molar refractivity (Wildman–Crippen MR) is 132 cm³/mol. The van der Waals surface area contributed by atoms with Crippen molar-refractivity contribution in [1.29, 1.82) is 0 Å². The number of aliphatic hydroxyl groups excluding tert-OH is 1. The molecule has 0 heterocycles.